The molecule has 0 radical (unpaired) electrons. The Morgan fingerprint density at radius 2 is 1.79 bits per heavy atom. The van der Waals surface area contributed by atoms with Gasteiger partial charge in [0.15, 0.2) is 11.9 Å². The van der Waals surface area contributed by atoms with Gasteiger partial charge in [-0.2, -0.15) is 5.10 Å². The van der Waals surface area contributed by atoms with Gasteiger partial charge in [-0.25, -0.2) is 9.48 Å². The Bertz CT molecular complexity index is 1060. The van der Waals surface area contributed by atoms with Crippen LogP contribution in [0, 0.1) is 6.92 Å². The number of ether oxygens (including phenoxy) is 1. The standard InChI is InChI=1S/C22H19ClN2O4/c1-14-19(21(23)25(24-14)17-6-4-3-5-7-17)12-13-20(26)16-8-10-18(11-9-16)29-15(2)22(27)28/h3-13,15H,1-2H3,(H,27,28)/b13-12+. The van der Waals surface area contributed by atoms with Gasteiger partial charge in [-0.1, -0.05) is 29.8 Å². The molecular weight excluding hydrogens is 392 g/mol. The van der Waals surface area contributed by atoms with Gasteiger partial charge in [0.2, 0.25) is 0 Å². The monoisotopic (exact) mass is 410 g/mol. The Morgan fingerprint density at radius 3 is 2.41 bits per heavy atom. The summed E-state index contributed by atoms with van der Waals surface area (Å²) in [5, 5.41) is 13.7. The summed E-state index contributed by atoms with van der Waals surface area (Å²) in [6.07, 6.45) is 2.10. The van der Waals surface area contributed by atoms with Crippen LogP contribution in [0.2, 0.25) is 5.15 Å². The lowest BCUT2D eigenvalue weighted by atomic mass is 10.1. The smallest absolute Gasteiger partial charge is 0.344 e. The lowest BCUT2D eigenvalue weighted by Gasteiger charge is -2.10. The summed E-state index contributed by atoms with van der Waals surface area (Å²) < 4.78 is 6.88. The number of ketones is 1. The normalized spacial score (nSPS) is 12.1. The van der Waals surface area contributed by atoms with Gasteiger partial charge in [-0.05, 0) is 62.4 Å². The van der Waals surface area contributed by atoms with E-state index in [4.69, 9.17) is 21.4 Å². The summed E-state index contributed by atoms with van der Waals surface area (Å²) in [5.41, 5.74) is 2.65. The van der Waals surface area contributed by atoms with E-state index in [1.807, 2.05) is 37.3 Å². The number of allylic oxidation sites excluding steroid dienone is 1. The van der Waals surface area contributed by atoms with Crippen molar-refractivity contribution in [2.24, 2.45) is 0 Å². The minimum absolute atomic E-state index is 0.217. The Balaban J connectivity index is 1.76. The van der Waals surface area contributed by atoms with Gasteiger partial charge in [0.1, 0.15) is 10.9 Å². The number of nitrogens with zero attached hydrogens (tertiary/aromatic N) is 2. The molecule has 3 rings (SSSR count). The maximum absolute atomic E-state index is 12.5. The second-order valence-electron chi connectivity index (χ2n) is 6.36. The van der Waals surface area contributed by atoms with Crippen molar-refractivity contribution in [2.45, 2.75) is 20.0 Å². The van der Waals surface area contributed by atoms with Crippen molar-refractivity contribution >= 4 is 29.4 Å². The van der Waals surface area contributed by atoms with E-state index < -0.39 is 12.1 Å². The van der Waals surface area contributed by atoms with E-state index in [2.05, 4.69) is 5.10 Å². The first-order chi connectivity index (χ1) is 13.9. The largest absolute Gasteiger partial charge is 0.479 e. The zero-order valence-corrected chi connectivity index (χ0v) is 16.6. The molecular formula is C22H19ClN2O4. The van der Waals surface area contributed by atoms with E-state index in [-0.39, 0.29) is 5.78 Å². The number of para-hydroxylation sites is 1. The van der Waals surface area contributed by atoms with Crippen molar-refractivity contribution in [1.82, 2.24) is 9.78 Å². The zero-order valence-electron chi connectivity index (χ0n) is 15.9. The highest BCUT2D eigenvalue weighted by Crippen LogP contribution is 2.25. The number of aryl methyl sites for hydroxylation is 1. The molecule has 0 bridgehead atoms. The van der Waals surface area contributed by atoms with Gasteiger partial charge in [0.25, 0.3) is 0 Å². The summed E-state index contributed by atoms with van der Waals surface area (Å²) in [6.45, 7) is 3.26. The molecule has 0 aliphatic carbocycles. The molecule has 3 aromatic rings. The molecule has 148 valence electrons. The summed E-state index contributed by atoms with van der Waals surface area (Å²) in [5.74, 6) is -0.898. The number of benzene rings is 2. The number of carbonyl (C=O) groups is 2. The van der Waals surface area contributed by atoms with Gasteiger partial charge in [-0.3, -0.25) is 4.79 Å². The average molecular weight is 411 g/mol. The van der Waals surface area contributed by atoms with Gasteiger partial charge < -0.3 is 9.84 Å². The first-order valence-electron chi connectivity index (χ1n) is 8.89. The second-order valence-corrected chi connectivity index (χ2v) is 6.72. The van der Waals surface area contributed by atoms with Crippen LogP contribution >= 0.6 is 11.6 Å². The van der Waals surface area contributed by atoms with Crippen LogP contribution in [-0.2, 0) is 4.79 Å². The fourth-order valence-electron chi connectivity index (χ4n) is 2.65. The quantitative estimate of drug-likeness (QED) is 0.455. The highest BCUT2D eigenvalue weighted by atomic mass is 35.5. The van der Waals surface area contributed by atoms with E-state index in [1.165, 1.54) is 13.0 Å². The molecule has 2 aromatic carbocycles. The number of aromatic nitrogens is 2. The third-order valence-electron chi connectivity index (χ3n) is 4.25. The van der Waals surface area contributed by atoms with Gasteiger partial charge >= 0.3 is 5.97 Å². The average Bonchev–Trinajstić information content (AvgIpc) is 3.01. The molecule has 7 heteroatoms. The summed E-state index contributed by atoms with van der Waals surface area (Å²) in [4.78, 5) is 23.3. The number of carboxylic acids is 1. The molecule has 1 unspecified atom stereocenters. The van der Waals surface area contributed by atoms with Crippen LogP contribution in [-0.4, -0.2) is 32.7 Å². The van der Waals surface area contributed by atoms with Crippen LogP contribution in [0.25, 0.3) is 11.8 Å². The molecule has 6 nitrogen and oxygen atoms in total. The molecule has 29 heavy (non-hydrogen) atoms. The molecule has 0 aliphatic heterocycles. The van der Waals surface area contributed by atoms with Crippen molar-refractivity contribution in [3.05, 3.63) is 82.6 Å². The Hall–Kier alpha value is -3.38. The number of halogens is 1. The minimum Gasteiger partial charge on any atom is -0.479 e. The molecule has 0 saturated heterocycles. The molecule has 0 spiro atoms. The fraction of sp³-hybridized carbons (Fsp3) is 0.136. The first kappa shape index (κ1) is 20.4. The van der Waals surface area contributed by atoms with Crippen molar-refractivity contribution in [3.8, 4) is 11.4 Å². The van der Waals surface area contributed by atoms with Crippen molar-refractivity contribution in [2.75, 3.05) is 0 Å². The Kier molecular flexibility index (Phi) is 6.14. The molecule has 0 fully saturated rings. The number of hydrogen-bond donors (Lipinski definition) is 1. The molecule has 1 N–H and O–H groups in total. The van der Waals surface area contributed by atoms with E-state index in [0.29, 0.717) is 27.7 Å². The third kappa shape index (κ3) is 4.73. The van der Waals surface area contributed by atoms with Gasteiger partial charge in [0.05, 0.1) is 11.4 Å². The van der Waals surface area contributed by atoms with Crippen LogP contribution in [0.3, 0.4) is 0 Å². The van der Waals surface area contributed by atoms with Crippen LogP contribution in [0.15, 0.2) is 60.7 Å². The van der Waals surface area contributed by atoms with E-state index in [1.54, 1.807) is 35.0 Å². The summed E-state index contributed by atoms with van der Waals surface area (Å²) in [6, 6.07) is 15.8. The first-order valence-corrected chi connectivity index (χ1v) is 9.27. The van der Waals surface area contributed by atoms with Crippen molar-refractivity contribution in [3.63, 3.8) is 0 Å². The van der Waals surface area contributed by atoms with Crippen LogP contribution in [0.5, 0.6) is 5.75 Å². The van der Waals surface area contributed by atoms with Gasteiger partial charge in [0, 0.05) is 11.1 Å². The van der Waals surface area contributed by atoms with Crippen LogP contribution in [0.4, 0.5) is 0 Å². The number of hydrogen-bond acceptors (Lipinski definition) is 4. The van der Waals surface area contributed by atoms with E-state index in [9.17, 15) is 9.59 Å². The van der Waals surface area contributed by atoms with Crippen LogP contribution in [0.1, 0.15) is 28.5 Å². The second kappa shape index (κ2) is 8.75. The zero-order chi connectivity index (χ0) is 21.0. The topological polar surface area (TPSA) is 81.4 Å². The predicted molar refractivity (Wildman–Crippen MR) is 111 cm³/mol. The lowest BCUT2D eigenvalue weighted by molar-refractivity contribution is -0.144. The highest BCUT2D eigenvalue weighted by molar-refractivity contribution is 6.31. The van der Waals surface area contributed by atoms with Crippen LogP contribution < -0.4 is 4.74 Å². The molecule has 0 amide bonds. The number of carbonyl (C=O) groups excluding carboxylic acids is 1. The molecule has 0 aliphatic rings. The third-order valence-corrected chi connectivity index (χ3v) is 4.61. The maximum Gasteiger partial charge on any atom is 0.344 e. The van der Waals surface area contributed by atoms with Crippen molar-refractivity contribution in [1.29, 1.82) is 0 Å². The predicted octanol–water partition coefficient (Wildman–Crippen LogP) is 4.58. The molecule has 0 saturated carbocycles. The molecule has 1 aromatic heterocycles. The SMILES string of the molecule is Cc1nn(-c2ccccc2)c(Cl)c1/C=C/C(=O)c1ccc(OC(C)C(=O)O)cc1. The summed E-state index contributed by atoms with van der Waals surface area (Å²) >= 11 is 6.46. The lowest BCUT2D eigenvalue weighted by Crippen LogP contribution is -2.22. The Labute approximate surface area is 173 Å². The maximum atomic E-state index is 12.5. The fourth-order valence-corrected chi connectivity index (χ4v) is 2.98. The minimum atomic E-state index is -1.06. The summed E-state index contributed by atoms with van der Waals surface area (Å²) in [7, 11) is 0. The molecule has 1 atom stereocenters. The van der Waals surface area contributed by atoms with Crippen molar-refractivity contribution < 1.29 is 19.4 Å². The Morgan fingerprint density at radius 1 is 1.14 bits per heavy atom. The van der Waals surface area contributed by atoms with Gasteiger partial charge in [-0.15, -0.1) is 0 Å². The number of aliphatic carboxylic acids is 1. The highest BCUT2D eigenvalue weighted by Gasteiger charge is 2.14. The molecule has 1 heterocycles. The van der Waals surface area contributed by atoms with E-state index in [0.717, 1.165) is 5.69 Å². The number of rotatable bonds is 7. The number of carboxylic acid groups (broad SMARTS) is 1. The van der Waals surface area contributed by atoms with E-state index >= 15 is 0 Å².